The molecule has 0 aliphatic heterocycles. The molecule has 0 spiro atoms. The third-order valence-corrected chi connectivity index (χ3v) is 8.04. The van der Waals surface area contributed by atoms with Gasteiger partial charge in [0.15, 0.2) is 69.8 Å². The van der Waals surface area contributed by atoms with Gasteiger partial charge in [0.1, 0.15) is 34.2 Å². The van der Waals surface area contributed by atoms with Crippen molar-refractivity contribution in [1.29, 1.82) is 10.5 Å². The van der Waals surface area contributed by atoms with Crippen molar-refractivity contribution in [1.82, 2.24) is 19.9 Å². The van der Waals surface area contributed by atoms with Gasteiger partial charge in [-0.05, 0) is 48.5 Å². The van der Waals surface area contributed by atoms with E-state index < -0.39 is 149 Å². The topological polar surface area (TPSA) is 124 Å². The fourth-order valence-corrected chi connectivity index (χ4v) is 5.64. The lowest BCUT2D eigenvalue weighted by molar-refractivity contribution is 0.447. The number of halogens is 12. The first-order valence-corrected chi connectivity index (χ1v) is 15.0. The van der Waals surface area contributed by atoms with Crippen LogP contribution < -0.4 is 0 Å². The maximum Gasteiger partial charge on any atom is 0.206 e. The van der Waals surface area contributed by atoms with Crippen LogP contribution in [0.2, 0.25) is 0 Å². The summed E-state index contributed by atoms with van der Waals surface area (Å²) < 4.78 is 173. The molecule has 20 heteroatoms. The van der Waals surface area contributed by atoms with Gasteiger partial charge in [0.2, 0.25) is 12.4 Å². The fraction of sp³-hybridized carbons (Fsp3) is 0. The van der Waals surface area contributed by atoms with Crippen molar-refractivity contribution in [3.8, 4) is 57.4 Å². The van der Waals surface area contributed by atoms with E-state index in [1.165, 1.54) is 12.4 Å². The highest BCUT2D eigenvalue weighted by atomic mass is 19.2. The molecule has 0 N–H and O–H groups in total. The Balaban J connectivity index is 1.62. The van der Waals surface area contributed by atoms with Gasteiger partial charge in [0.25, 0.3) is 0 Å². The Bertz CT molecular complexity index is 2420. The third kappa shape index (κ3) is 6.02. The lowest BCUT2D eigenvalue weighted by Crippen LogP contribution is -2.29. The first-order chi connectivity index (χ1) is 26.6. The van der Waals surface area contributed by atoms with E-state index in [4.69, 9.17) is 0 Å². The summed E-state index contributed by atoms with van der Waals surface area (Å²) in [7, 11) is 0. The first-order valence-electron chi connectivity index (χ1n) is 15.0. The molecule has 0 amide bonds. The minimum absolute atomic E-state index is 0.388. The number of hydrogen-bond donors (Lipinski definition) is 0. The largest absolute Gasteiger partial charge is 0.241 e. The van der Waals surface area contributed by atoms with Gasteiger partial charge in [-0.15, -0.1) is 0 Å². The van der Waals surface area contributed by atoms with Crippen molar-refractivity contribution in [2.45, 2.75) is 0 Å². The Morgan fingerprint density at radius 2 is 0.500 bits per heavy atom. The van der Waals surface area contributed by atoms with Crippen LogP contribution in [-0.4, -0.2) is 31.4 Å². The molecule has 2 aromatic heterocycles. The second kappa shape index (κ2) is 13.7. The molecule has 0 unspecified atom stereocenters. The molecule has 0 saturated heterocycles. The van der Waals surface area contributed by atoms with Crippen molar-refractivity contribution >= 4 is 11.4 Å². The molecule has 0 bridgehead atoms. The number of aromatic nitrogens is 4. The first kappa shape index (κ1) is 36.9. The van der Waals surface area contributed by atoms with Crippen LogP contribution in [-0.2, 0) is 0 Å². The van der Waals surface area contributed by atoms with E-state index in [0.29, 0.717) is 48.5 Å². The number of rotatable bonds is 4. The molecule has 7 rings (SSSR count). The van der Waals surface area contributed by atoms with Crippen LogP contribution in [0, 0.1) is 92.7 Å². The van der Waals surface area contributed by atoms with Gasteiger partial charge in [-0.25, -0.2) is 72.6 Å². The van der Waals surface area contributed by atoms with Crippen molar-refractivity contribution in [3.05, 3.63) is 141 Å². The van der Waals surface area contributed by atoms with E-state index in [0.717, 1.165) is 0 Å². The number of nitrogens with zero attached hydrogens (tertiary/aromatic N) is 8. The Morgan fingerprint density at radius 1 is 0.321 bits per heavy atom. The van der Waals surface area contributed by atoms with Gasteiger partial charge in [-0.1, -0.05) is 0 Å². The zero-order valence-corrected chi connectivity index (χ0v) is 26.7. The molecule has 0 radical (unpaired) electrons. The maximum atomic E-state index is 14.6. The molecule has 0 saturated carbocycles. The zero-order valence-electron chi connectivity index (χ0n) is 26.7. The summed E-state index contributed by atoms with van der Waals surface area (Å²) in [6.45, 7) is 0. The Hall–Kier alpha value is -7.48. The predicted octanol–water partition coefficient (Wildman–Crippen LogP) is 8.55. The highest BCUT2D eigenvalue weighted by molar-refractivity contribution is 6.29. The van der Waals surface area contributed by atoms with Crippen molar-refractivity contribution in [2.75, 3.05) is 0 Å². The molecule has 0 atom stereocenters. The molecule has 276 valence electrons. The normalized spacial score (nSPS) is 11.8. The summed E-state index contributed by atoms with van der Waals surface area (Å²) in [5, 5.41) is 19.4. The van der Waals surface area contributed by atoms with Crippen LogP contribution in [0.25, 0.3) is 45.0 Å². The Kier molecular flexibility index (Phi) is 9.04. The summed E-state index contributed by atoms with van der Waals surface area (Å²) in [5.74, 6) is -22.1. The van der Waals surface area contributed by atoms with Crippen molar-refractivity contribution in [3.63, 3.8) is 0 Å². The van der Waals surface area contributed by atoms with Crippen LogP contribution in [0.5, 0.6) is 0 Å². The standard InChI is InChI=1S/C36H8F12N8/c37-15-1-11(2-16(38)23(15)45)27-28(12-3-17(39)24(46)18(40)4-12)54-34-32(52-10-50)36-35(31(51-9-49)33(34)53-27)55-29(13-5-19(41)25(47)20(42)6-13)30(56-36)14-7-21(43)26(48)22(44)8-14/h1-8H. The molecule has 0 fully saturated rings. The van der Waals surface area contributed by atoms with Crippen LogP contribution in [0.15, 0.2) is 58.5 Å². The minimum Gasteiger partial charge on any atom is -0.241 e. The van der Waals surface area contributed by atoms with E-state index in [1.54, 1.807) is 0 Å². The van der Waals surface area contributed by atoms with E-state index in [-0.39, 0.29) is 0 Å². The van der Waals surface area contributed by atoms with Crippen LogP contribution in [0.4, 0.5) is 52.7 Å². The van der Waals surface area contributed by atoms with E-state index in [9.17, 15) is 63.2 Å². The summed E-state index contributed by atoms with van der Waals surface area (Å²) in [6.07, 6.45) is 2.79. The van der Waals surface area contributed by atoms with Gasteiger partial charge < -0.3 is 0 Å². The molecular weight excluding hydrogens is 772 g/mol. The lowest BCUT2D eigenvalue weighted by Gasteiger charge is -2.23. The third-order valence-electron chi connectivity index (χ3n) is 8.04. The molecule has 6 aromatic rings. The average Bonchev–Trinajstić information content (AvgIpc) is 3.16. The van der Waals surface area contributed by atoms with Crippen molar-refractivity contribution in [2.24, 2.45) is 9.98 Å². The smallest absolute Gasteiger partial charge is 0.206 e. The van der Waals surface area contributed by atoms with Gasteiger partial charge in [-0.2, -0.15) is 20.5 Å². The fourth-order valence-electron chi connectivity index (χ4n) is 5.64. The van der Waals surface area contributed by atoms with Gasteiger partial charge >= 0.3 is 0 Å². The van der Waals surface area contributed by atoms with Gasteiger partial charge in [0.05, 0.1) is 22.8 Å². The zero-order chi connectivity index (χ0) is 40.3. The van der Waals surface area contributed by atoms with Crippen LogP contribution in [0.1, 0.15) is 22.8 Å². The van der Waals surface area contributed by atoms with Gasteiger partial charge in [-0.3, -0.25) is 0 Å². The summed E-state index contributed by atoms with van der Waals surface area (Å²) in [6, 6.07) is 3.11. The van der Waals surface area contributed by atoms with E-state index in [2.05, 4.69) is 29.9 Å². The number of aliphatic imine (C=N–C) groups is 2. The molecular formula is C36H8F12N8. The van der Waals surface area contributed by atoms with Crippen molar-refractivity contribution < 1.29 is 52.7 Å². The van der Waals surface area contributed by atoms with Gasteiger partial charge in [0, 0.05) is 22.3 Å². The van der Waals surface area contributed by atoms with Crippen LogP contribution >= 0.6 is 0 Å². The molecule has 2 heterocycles. The lowest BCUT2D eigenvalue weighted by atomic mass is 9.92. The maximum absolute atomic E-state index is 14.6. The number of benzene rings is 4. The summed E-state index contributed by atoms with van der Waals surface area (Å²) in [4.78, 5) is 24.2. The number of hydrogen-bond acceptors (Lipinski definition) is 8. The second-order valence-corrected chi connectivity index (χ2v) is 11.4. The monoisotopic (exact) mass is 780 g/mol. The highest BCUT2D eigenvalue weighted by Crippen LogP contribution is 2.39. The number of nitriles is 2. The highest BCUT2D eigenvalue weighted by Gasteiger charge is 2.37. The molecule has 8 nitrogen and oxygen atoms in total. The van der Waals surface area contributed by atoms with Crippen LogP contribution in [0.3, 0.4) is 0 Å². The molecule has 56 heavy (non-hydrogen) atoms. The Labute approximate surface area is 303 Å². The SMILES string of the molecule is N#CN=C1c2nc(-c3cc(F)c(F)c(F)c3)c(-c3cc(F)c(F)c(F)c3)nc2C(=NC#N)c2nc(-c3cc(F)c(F)c(F)c3)c(-c3cc(F)c(F)c(F)c3)nc21. The molecule has 1 aliphatic rings. The average molecular weight is 780 g/mol. The quantitative estimate of drug-likeness (QED) is 0.100. The summed E-state index contributed by atoms with van der Waals surface area (Å²) in [5.41, 5.74) is -9.69. The second-order valence-electron chi connectivity index (χ2n) is 11.4. The van der Waals surface area contributed by atoms with E-state index >= 15 is 0 Å². The van der Waals surface area contributed by atoms with E-state index in [1.807, 2.05) is 0 Å². The predicted molar refractivity (Wildman–Crippen MR) is 168 cm³/mol. The number of fused-ring (bicyclic) bond motifs is 2. The molecule has 1 aliphatic carbocycles. The minimum atomic E-state index is -1.95. The Morgan fingerprint density at radius 3 is 0.661 bits per heavy atom. The summed E-state index contributed by atoms with van der Waals surface area (Å²) >= 11 is 0. The molecule has 4 aromatic carbocycles.